The predicted octanol–water partition coefficient (Wildman–Crippen LogP) is 1.01. The number of nitrogens with one attached hydrogen (secondary N) is 1. The molecule has 1 atom stereocenters. The molecule has 1 aliphatic carbocycles. The summed E-state index contributed by atoms with van der Waals surface area (Å²) in [6.07, 6.45) is 3.85. The first kappa shape index (κ1) is 11.5. The molecule has 2 N–H and O–H groups in total. The molecule has 0 bridgehead atoms. The molecule has 1 rings (SSSR count). The van der Waals surface area contributed by atoms with Gasteiger partial charge in [-0.2, -0.15) is 0 Å². The predicted molar refractivity (Wildman–Crippen MR) is 53.3 cm³/mol. The number of hydrogen-bond acceptors (Lipinski definition) is 3. The minimum atomic E-state index is -0.780. The van der Waals surface area contributed by atoms with Gasteiger partial charge in [-0.1, -0.05) is 6.92 Å². The van der Waals surface area contributed by atoms with Crippen molar-refractivity contribution in [2.45, 2.75) is 44.2 Å². The number of ether oxygens (including phenoxy) is 1. The molecule has 0 heterocycles. The molecule has 0 saturated heterocycles. The van der Waals surface area contributed by atoms with Gasteiger partial charge in [-0.25, -0.2) is 0 Å². The molecule has 0 aromatic carbocycles. The molecule has 0 aromatic heterocycles. The Morgan fingerprint density at radius 1 is 1.64 bits per heavy atom. The molecule has 1 unspecified atom stereocenters. The zero-order chi connectivity index (χ0) is 10.6. The number of hydrogen-bond donors (Lipinski definition) is 2. The minimum absolute atomic E-state index is 0.0944. The highest BCUT2D eigenvalue weighted by Crippen LogP contribution is 2.34. The van der Waals surface area contributed by atoms with Crippen molar-refractivity contribution in [3.8, 4) is 0 Å². The number of carboxylic acid groups (broad SMARTS) is 1. The molecule has 82 valence electrons. The summed E-state index contributed by atoms with van der Waals surface area (Å²) in [4.78, 5) is 10.7. The van der Waals surface area contributed by atoms with E-state index in [1.165, 1.54) is 6.42 Å². The quantitative estimate of drug-likeness (QED) is 0.673. The van der Waals surface area contributed by atoms with Gasteiger partial charge < -0.3 is 15.2 Å². The molecule has 0 amide bonds. The van der Waals surface area contributed by atoms with E-state index in [9.17, 15) is 4.79 Å². The van der Waals surface area contributed by atoms with Crippen LogP contribution < -0.4 is 5.32 Å². The highest BCUT2D eigenvalue weighted by atomic mass is 16.5. The SMILES string of the molecule is CCC(NCC1(OC)CCC1)C(=O)O. The Kier molecular flexibility index (Phi) is 3.89. The molecule has 0 spiro atoms. The maximum Gasteiger partial charge on any atom is 0.320 e. The first-order valence-electron chi connectivity index (χ1n) is 5.15. The van der Waals surface area contributed by atoms with E-state index in [1.54, 1.807) is 7.11 Å². The summed E-state index contributed by atoms with van der Waals surface area (Å²) >= 11 is 0. The Bertz CT molecular complexity index is 196. The summed E-state index contributed by atoms with van der Waals surface area (Å²) in [6.45, 7) is 2.51. The fourth-order valence-electron chi connectivity index (χ4n) is 1.74. The van der Waals surface area contributed by atoms with Gasteiger partial charge in [-0.15, -0.1) is 0 Å². The zero-order valence-corrected chi connectivity index (χ0v) is 8.88. The molecule has 1 saturated carbocycles. The van der Waals surface area contributed by atoms with Gasteiger partial charge in [0.15, 0.2) is 0 Å². The molecular formula is C10H19NO3. The minimum Gasteiger partial charge on any atom is -0.480 e. The van der Waals surface area contributed by atoms with Crippen LogP contribution in [0.1, 0.15) is 32.6 Å². The molecular weight excluding hydrogens is 182 g/mol. The maximum absolute atomic E-state index is 10.7. The monoisotopic (exact) mass is 201 g/mol. The Morgan fingerprint density at radius 2 is 2.29 bits per heavy atom. The van der Waals surface area contributed by atoms with Crippen LogP contribution in [0.2, 0.25) is 0 Å². The van der Waals surface area contributed by atoms with E-state index < -0.39 is 12.0 Å². The number of methoxy groups -OCH3 is 1. The van der Waals surface area contributed by atoms with Gasteiger partial charge in [0, 0.05) is 13.7 Å². The van der Waals surface area contributed by atoms with Crippen LogP contribution in [0.25, 0.3) is 0 Å². The van der Waals surface area contributed by atoms with Crippen molar-refractivity contribution < 1.29 is 14.6 Å². The number of aliphatic carboxylic acids is 1. The fraction of sp³-hybridized carbons (Fsp3) is 0.900. The summed E-state index contributed by atoms with van der Waals surface area (Å²) in [6, 6.07) is -0.442. The van der Waals surface area contributed by atoms with E-state index in [1.807, 2.05) is 6.92 Å². The van der Waals surface area contributed by atoms with Gasteiger partial charge in [0.2, 0.25) is 0 Å². The molecule has 1 aliphatic rings. The summed E-state index contributed by atoms with van der Waals surface area (Å²) in [5.74, 6) is -0.780. The van der Waals surface area contributed by atoms with E-state index in [0.29, 0.717) is 13.0 Å². The maximum atomic E-state index is 10.7. The largest absolute Gasteiger partial charge is 0.480 e. The third-order valence-electron chi connectivity index (χ3n) is 3.07. The normalized spacial score (nSPS) is 21.3. The third kappa shape index (κ3) is 2.45. The van der Waals surface area contributed by atoms with Crippen LogP contribution in [-0.2, 0) is 9.53 Å². The van der Waals surface area contributed by atoms with Crippen molar-refractivity contribution in [2.75, 3.05) is 13.7 Å². The second-order valence-corrected chi connectivity index (χ2v) is 3.92. The average molecular weight is 201 g/mol. The molecule has 0 aromatic rings. The van der Waals surface area contributed by atoms with E-state index >= 15 is 0 Å². The number of carbonyl (C=O) groups is 1. The van der Waals surface area contributed by atoms with Crippen molar-refractivity contribution >= 4 is 5.97 Å². The molecule has 14 heavy (non-hydrogen) atoms. The summed E-state index contributed by atoms with van der Waals surface area (Å²) in [5, 5.41) is 11.9. The lowest BCUT2D eigenvalue weighted by Crippen LogP contribution is -2.51. The van der Waals surface area contributed by atoms with E-state index in [0.717, 1.165) is 12.8 Å². The average Bonchev–Trinajstić information content (AvgIpc) is 2.09. The highest BCUT2D eigenvalue weighted by molar-refractivity contribution is 5.73. The Morgan fingerprint density at radius 3 is 2.57 bits per heavy atom. The van der Waals surface area contributed by atoms with Crippen molar-refractivity contribution in [1.29, 1.82) is 0 Å². The third-order valence-corrected chi connectivity index (χ3v) is 3.07. The Balaban J connectivity index is 2.34. The Labute approximate surface area is 84.6 Å². The van der Waals surface area contributed by atoms with Crippen LogP contribution >= 0.6 is 0 Å². The van der Waals surface area contributed by atoms with Gasteiger partial charge in [0.25, 0.3) is 0 Å². The number of carboxylic acids is 1. The van der Waals surface area contributed by atoms with Crippen molar-refractivity contribution in [2.24, 2.45) is 0 Å². The van der Waals surface area contributed by atoms with Gasteiger partial charge in [-0.3, -0.25) is 4.79 Å². The first-order valence-corrected chi connectivity index (χ1v) is 5.15. The zero-order valence-electron chi connectivity index (χ0n) is 8.88. The summed E-state index contributed by atoms with van der Waals surface area (Å²) in [5.41, 5.74) is -0.0944. The topological polar surface area (TPSA) is 58.6 Å². The fourth-order valence-corrected chi connectivity index (χ4v) is 1.74. The Hall–Kier alpha value is -0.610. The van der Waals surface area contributed by atoms with Crippen molar-refractivity contribution in [3.63, 3.8) is 0 Å². The van der Waals surface area contributed by atoms with Crippen LogP contribution in [0.5, 0.6) is 0 Å². The molecule has 0 radical (unpaired) electrons. The second-order valence-electron chi connectivity index (χ2n) is 3.92. The van der Waals surface area contributed by atoms with E-state index in [-0.39, 0.29) is 5.60 Å². The van der Waals surface area contributed by atoms with Gasteiger partial charge in [-0.05, 0) is 25.7 Å². The lowest BCUT2D eigenvalue weighted by molar-refractivity contribution is -0.140. The van der Waals surface area contributed by atoms with Gasteiger partial charge >= 0.3 is 5.97 Å². The van der Waals surface area contributed by atoms with Crippen LogP contribution in [0.4, 0.5) is 0 Å². The van der Waals surface area contributed by atoms with Gasteiger partial charge in [0.1, 0.15) is 6.04 Å². The second kappa shape index (κ2) is 4.75. The first-order chi connectivity index (χ1) is 6.63. The standard InChI is InChI=1S/C10H19NO3/c1-3-8(9(12)13)11-7-10(14-2)5-4-6-10/h8,11H,3-7H2,1-2H3,(H,12,13). The lowest BCUT2D eigenvalue weighted by Gasteiger charge is -2.41. The van der Waals surface area contributed by atoms with Crippen molar-refractivity contribution in [3.05, 3.63) is 0 Å². The van der Waals surface area contributed by atoms with Crippen LogP contribution in [0.3, 0.4) is 0 Å². The number of rotatable bonds is 6. The van der Waals surface area contributed by atoms with Crippen LogP contribution in [0.15, 0.2) is 0 Å². The molecule has 0 aliphatic heterocycles. The molecule has 4 heteroatoms. The summed E-state index contributed by atoms with van der Waals surface area (Å²) in [7, 11) is 1.70. The van der Waals surface area contributed by atoms with Crippen molar-refractivity contribution in [1.82, 2.24) is 5.32 Å². The van der Waals surface area contributed by atoms with E-state index in [4.69, 9.17) is 9.84 Å². The molecule has 4 nitrogen and oxygen atoms in total. The van der Waals surface area contributed by atoms with Gasteiger partial charge in [0.05, 0.1) is 5.60 Å². The lowest BCUT2D eigenvalue weighted by atomic mass is 9.80. The van der Waals surface area contributed by atoms with Crippen LogP contribution in [-0.4, -0.2) is 36.4 Å². The highest BCUT2D eigenvalue weighted by Gasteiger charge is 2.37. The van der Waals surface area contributed by atoms with Crippen LogP contribution in [0, 0.1) is 0 Å². The smallest absolute Gasteiger partial charge is 0.320 e. The summed E-state index contributed by atoms with van der Waals surface area (Å²) < 4.78 is 5.39. The van der Waals surface area contributed by atoms with E-state index in [2.05, 4.69) is 5.32 Å². The molecule has 1 fully saturated rings.